The van der Waals surface area contributed by atoms with E-state index in [9.17, 15) is 4.79 Å². The quantitative estimate of drug-likeness (QED) is 0.315. The minimum Gasteiger partial charge on any atom is -0.428 e. The van der Waals surface area contributed by atoms with Crippen molar-refractivity contribution in [2.45, 2.75) is 32.8 Å². The molecule has 0 bridgehead atoms. The summed E-state index contributed by atoms with van der Waals surface area (Å²) in [6, 6.07) is 25.8. The Hall–Kier alpha value is -3.60. The largest absolute Gasteiger partial charge is 0.514 e. The summed E-state index contributed by atoms with van der Waals surface area (Å²) in [6.45, 7) is 5.40. The highest BCUT2D eigenvalue weighted by Gasteiger charge is 2.19. The number of carbonyl (C=O) groups excluding carboxylic acids is 1. The number of carbonyl (C=O) groups is 1. The number of nitrogens with zero attached hydrogens (tertiary/aromatic N) is 2. The molecule has 1 aromatic heterocycles. The molecule has 152 valence electrons. The smallest absolute Gasteiger partial charge is 0.428 e. The first-order valence-electron chi connectivity index (χ1n) is 9.91. The van der Waals surface area contributed by atoms with Crippen LogP contribution in [0.1, 0.15) is 32.0 Å². The van der Waals surface area contributed by atoms with Crippen LogP contribution in [0.2, 0.25) is 0 Å². The molecule has 5 heteroatoms. The molecule has 0 spiro atoms. The van der Waals surface area contributed by atoms with E-state index in [0.29, 0.717) is 5.75 Å². The fourth-order valence-electron chi connectivity index (χ4n) is 3.29. The summed E-state index contributed by atoms with van der Waals surface area (Å²) < 4.78 is 12.6. The Balaban J connectivity index is 1.73. The number of hydrogen-bond donors (Lipinski definition) is 0. The maximum atomic E-state index is 12.0. The first-order chi connectivity index (χ1) is 14.4. The van der Waals surface area contributed by atoms with E-state index in [1.54, 1.807) is 32.9 Å². The fourth-order valence-corrected chi connectivity index (χ4v) is 3.29. The molecular formula is C25H24N2O3. The van der Waals surface area contributed by atoms with Gasteiger partial charge in [-0.05, 0) is 50.6 Å². The van der Waals surface area contributed by atoms with Crippen molar-refractivity contribution in [1.82, 2.24) is 9.78 Å². The summed E-state index contributed by atoms with van der Waals surface area (Å²) in [6.07, 6.45) is 0.00671. The van der Waals surface area contributed by atoms with Gasteiger partial charge in [0.25, 0.3) is 0 Å². The highest BCUT2D eigenvalue weighted by Crippen LogP contribution is 2.28. The Kier molecular flexibility index (Phi) is 5.27. The van der Waals surface area contributed by atoms with Gasteiger partial charge in [-0.2, -0.15) is 5.10 Å². The predicted molar refractivity (Wildman–Crippen MR) is 117 cm³/mol. The fraction of sp³-hybridized carbons (Fsp3) is 0.200. The Labute approximate surface area is 175 Å². The highest BCUT2D eigenvalue weighted by atomic mass is 16.7. The van der Waals surface area contributed by atoms with Crippen molar-refractivity contribution in [2.75, 3.05) is 0 Å². The summed E-state index contributed by atoms with van der Waals surface area (Å²) >= 11 is 0. The molecule has 0 saturated heterocycles. The third-order valence-electron chi connectivity index (χ3n) is 4.55. The maximum absolute atomic E-state index is 12.0. The molecule has 0 amide bonds. The van der Waals surface area contributed by atoms with Crippen LogP contribution in [0.15, 0.2) is 78.9 Å². The molecule has 0 saturated carbocycles. The van der Waals surface area contributed by atoms with Gasteiger partial charge in [0.2, 0.25) is 0 Å². The second-order valence-electron chi connectivity index (χ2n) is 8.10. The average Bonchev–Trinajstić information content (AvgIpc) is 3.05. The monoisotopic (exact) mass is 400 g/mol. The van der Waals surface area contributed by atoms with Crippen molar-refractivity contribution in [3.05, 3.63) is 90.1 Å². The van der Waals surface area contributed by atoms with E-state index in [-0.39, 0.29) is 0 Å². The van der Waals surface area contributed by atoms with E-state index in [1.165, 1.54) is 5.56 Å². The van der Waals surface area contributed by atoms with E-state index in [2.05, 4.69) is 12.1 Å². The molecule has 0 aliphatic rings. The normalized spacial score (nSPS) is 11.4. The summed E-state index contributed by atoms with van der Waals surface area (Å²) in [5.41, 5.74) is 3.40. The molecule has 0 unspecified atom stereocenters. The first kappa shape index (κ1) is 19.7. The van der Waals surface area contributed by atoms with Crippen LogP contribution < -0.4 is 4.74 Å². The second-order valence-corrected chi connectivity index (χ2v) is 8.10. The van der Waals surface area contributed by atoms with Crippen LogP contribution in [0.25, 0.3) is 16.6 Å². The molecule has 0 radical (unpaired) electrons. The average molecular weight is 400 g/mol. The van der Waals surface area contributed by atoms with Gasteiger partial charge in [-0.15, -0.1) is 0 Å². The van der Waals surface area contributed by atoms with Gasteiger partial charge in [0, 0.05) is 17.9 Å². The number of rotatable bonds is 4. The lowest BCUT2D eigenvalue weighted by Gasteiger charge is -2.18. The molecule has 0 aliphatic heterocycles. The van der Waals surface area contributed by atoms with Crippen LogP contribution in [-0.2, 0) is 11.2 Å². The number of para-hydroxylation sites is 1. The van der Waals surface area contributed by atoms with Crippen LogP contribution in [0, 0.1) is 0 Å². The van der Waals surface area contributed by atoms with Crippen LogP contribution in [0.5, 0.6) is 5.75 Å². The number of ether oxygens (including phenoxy) is 2. The lowest BCUT2D eigenvalue weighted by atomic mass is 10.1. The Morgan fingerprint density at radius 2 is 1.60 bits per heavy atom. The Bertz CT molecular complexity index is 1160. The zero-order valence-corrected chi connectivity index (χ0v) is 17.3. The summed E-state index contributed by atoms with van der Waals surface area (Å²) in [5, 5.41) is 5.82. The van der Waals surface area contributed by atoms with Gasteiger partial charge >= 0.3 is 6.16 Å². The lowest BCUT2D eigenvalue weighted by molar-refractivity contribution is 0.0206. The van der Waals surface area contributed by atoms with Crippen LogP contribution in [0.3, 0.4) is 0 Å². The summed E-state index contributed by atoms with van der Waals surface area (Å²) in [5.74, 6) is 0.403. The van der Waals surface area contributed by atoms with Gasteiger partial charge in [0.15, 0.2) is 0 Å². The van der Waals surface area contributed by atoms with Crippen molar-refractivity contribution in [3.8, 4) is 11.4 Å². The van der Waals surface area contributed by atoms with Gasteiger partial charge in [0.1, 0.15) is 11.4 Å². The number of aromatic nitrogens is 2. The molecule has 0 N–H and O–H groups in total. The van der Waals surface area contributed by atoms with Crippen LogP contribution in [-0.4, -0.2) is 21.5 Å². The van der Waals surface area contributed by atoms with Crippen molar-refractivity contribution >= 4 is 17.1 Å². The maximum Gasteiger partial charge on any atom is 0.514 e. The van der Waals surface area contributed by atoms with Gasteiger partial charge in [-0.1, -0.05) is 48.5 Å². The molecule has 0 fully saturated rings. The summed E-state index contributed by atoms with van der Waals surface area (Å²) in [7, 11) is 0. The first-order valence-corrected chi connectivity index (χ1v) is 9.91. The van der Waals surface area contributed by atoms with Crippen molar-refractivity contribution in [3.63, 3.8) is 0 Å². The zero-order chi connectivity index (χ0) is 21.1. The van der Waals surface area contributed by atoms with Crippen molar-refractivity contribution in [1.29, 1.82) is 0 Å². The van der Waals surface area contributed by atoms with Crippen molar-refractivity contribution in [2.24, 2.45) is 0 Å². The highest BCUT2D eigenvalue weighted by molar-refractivity contribution is 5.84. The minimum absolute atomic E-state index is 0.403. The zero-order valence-electron chi connectivity index (χ0n) is 17.3. The third kappa shape index (κ3) is 4.51. The minimum atomic E-state index is -0.728. The molecule has 30 heavy (non-hydrogen) atoms. The van der Waals surface area contributed by atoms with Gasteiger partial charge in [-0.25, -0.2) is 9.48 Å². The molecule has 3 aromatic carbocycles. The number of hydrogen-bond acceptors (Lipinski definition) is 4. The molecule has 0 aliphatic carbocycles. The molecule has 0 atom stereocenters. The number of benzene rings is 3. The van der Waals surface area contributed by atoms with Crippen LogP contribution in [0.4, 0.5) is 4.79 Å². The van der Waals surface area contributed by atoms with Crippen molar-refractivity contribution < 1.29 is 14.3 Å². The van der Waals surface area contributed by atoms with E-state index in [1.807, 2.05) is 59.3 Å². The van der Waals surface area contributed by atoms with E-state index in [4.69, 9.17) is 14.6 Å². The Morgan fingerprint density at radius 1 is 0.933 bits per heavy atom. The van der Waals surface area contributed by atoms with Gasteiger partial charge in [-0.3, -0.25) is 0 Å². The van der Waals surface area contributed by atoms with E-state index >= 15 is 0 Å². The molecule has 4 rings (SSSR count). The predicted octanol–water partition coefficient (Wildman–Crippen LogP) is 5.93. The van der Waals surface area contributed by atoms with Crippen LogP contribution >= 0.6 is 0 Å². The third-order valence-corrected chi connectivity index (χ3v) is 4.55. The van der Waals surface area contributed by atoms with Gasteiger partial charge < -0.3 is 9.47 Å². The van der Waals surface area contributed by atoms with E-state index < -0.39 is 11.8 Å². The molecular weight excluding hydrogens is 376 g/mol. The Morgan fingerprint density at radius 3 is 2.27 bits per heavy atom. The standard InChI is InChI=1S/C25H24N2O3/c1-25(2,3)30-24(28)29-20-14-15-21-22(17-20)26-27(19-12-8-5-9-13-19)23(21)16-18-10-6-4-7-11-18/h4-15,17H,16H2,1-3H3. The van der Waals surface area contributed by atoms with E-state index in [0.717, 1.165) is 28.7 Å². The molecule has 4 aromatic rings. The van der Waals surface area contributed by atoms with Gasteiger partial charge in [0.05, 0.1) is 16.9 Å². The second kappa shape index (κ2) is 8.03. The topological polar surface area (TPSA) is 53.4 Å². The lowest BCUT2D eigenvalue weighted by Crippen LogP contribution is -2.25. The molecule has 5 nitrogen and oxygen atoms in total. The SMILES string of the molecule is CC(C)(C)OC(=O)Oc1ccc2c(Cc3ccccc3)n(-c3ccccc3)nc2c1. The summed E-state index contributed by atoms with van der Waals surface area (Å²) in [4.78, 5) is 12.0. The number of fused-ring (bicyclic) bond motifs is 1. The molecule has 1 heterocycles.